The van der Waals surface area contributed by atoms with Crippen LogP contribution < -0.4 is 19.9 Å². The average Bonchev–Trinajstić information content (AvgIpc) is 3.27. The van der Waals surface area contributed by atoms with Gasteiger partial charge in [0.2, 0.25) is 11.7 Å². The summed E-state index contributed by atoms with van der Waals surface area (Å²) < 4.78 is 22.5. The first-order chi connectivity index (χ1) is 15.0. The maximum Gasteiger partial charge on any atom is 0.248 e. The van der Waals surface area contributed by atoms with Gasteiger partial charge in [0, 0.05) is 16.7 Å². The minimum Gasteiger partial charge on any atom is -0.500 e. The molecule has 1 heterocycles. The number of fused-ring (bicyclic) bond motifs is 1. The Hall–Kier alpha value is -3.74. The quantitative estimate of drug-likeness (QED) is 0.738. The molecule has 2 N–H and O–H groups in total. The largest absolute Gasteiger partial charge is 0.500 e. The highest BCUT2D eigenvalue weighted by atomic mass is 16.5. The molecule has 2 aromatic rings. The second kappa shape index (κ2) is 8.55. The topological polar surface area (TPSA) is 97.1 Å². The first-order valence-electron chi connectivity index (χ1n) is 9.83. The van der Waals surface area contributed by atoms with Crippen LogP contribution in [-0.4, -0.2) is 32.5 Å². The minimum absolute atomic E-state index is 0.0408. The van der Waals surface area contributed by atoms with E-state index in [2.05, 4.69) is 0 Å². The maximum atomic E-state index is 13.2. The molecule has 7 nitrogen and oxygen atoms in total. The maximum absolute atomic E-state index is 13.2. The van der Waals surface area contributed by atoms with Crippen LogP contribution in [0.3, 0.4) is 0 Å². The summed E-state index contributed by atoms with van der Waals surface area (Å²) in [6.45, 7) is 0.498. The fraction of sp³-hybridized carbons (Fsp3) is 0.250. The zero-order valence-electron chi connectivity index (χ0n) is 17.3. The van der Waals surface area contributed by atoms with E-state index in [0.29, 0.717) is 35.0 Å². The van der Waals surface area contributed by atoms with Gasteiger partial charge < -0.3 is 24.7 Å². The number of ether oxygens (including phenoxy) is 4. The molecule has 2 aromatic carbocycles. The third-order valence-electron chi connectivity index (χ3n) is 5.48. The lowest BCUT2D eigenvalue weighted by Gasteiger charge is -2.25. The Morgan fingerprint density at radius 1 is 1.16 bits per heavy atom. The van der Waals surface area contributed by atoms with Crippen molar-refractivity contribution in [2.45, 2.75) is 12.5 Å². The van der Waals surface area contributed by atoms with Crippen molar-refractivity contribution < 1.29 is 28.5 Å². The van der Waals surface area contributed by atoms with Crippen molar-refractivity contribution in [1.29, 1.82) is 0 Å². The Morgan fingerprint density at radius 2 is 2.00 bits per heavy atom. The van der Waals surface area contributed by atoms with Crippen molar-refractivity contribution in [3.05, 3.63) is 77.1 Å². The second-order valence-corrected chi connectivity index (χ2v) is 7.32. The molecule has 0 fully saturated rings. The number of rotatable bonds is 7. The predicted molar refractivity (Wildman–Crippen MR) is 113 cm³/mol. The van der Waals surface area contributed by atoms with Crippen molar-refractivity contribution in [2.24, 2.45) is 11.7 Å². The van der Waals surface area contributed by atoms with Gasteiger partial charge in [0.05, 0.1) is 32.3 Å². The van der Waals surface area contributed by atoms with Gasteiger partial charge in [-0.25, -0.2) is 0 Å². The Bertz CT molecular complexity index is 1090. The number of carbonyl (C=O) groups is 2. The number of Topliss-reactive ketones (excluding diaryl/α,β-unsaturated/α-hetero) is 1. The van der Waals surface area contributed by atoms with Gasteiger partial charge >= 0.3 is 0 Å². The number of nitrogens with two attached hydrogens (primary N) is 1. The first-order valence-corrected chi connectivity index (χ1v) is 9.83. The molecule has 7 heteroatoms. The molecular weight excluding hydrogens is 398 g/mol. The molecule has 0 saturated heterocycles. The van der Waals surface area contributed by atoms with Crippen molar-refractivity contribution in [3.8, 4) is 17.2 Å². The normalized spacial score (nSPS) is 19.3. The summed E-state index contributed by atoms with van der Waals surface area (Å²) in [5.41, 5.74) is 8.09. The Kier molecular flexibility index (Phi) is 5.66. The van der Waals surface area contributed by atoms with Crippen molar-refractivity contribution in [2.75, 3.05) is 20.8 Å². The van der Waals surface area contributed by atoms with Crippen molar-refractivity contribution in [1.82, 2.24) is 0 Å². The molecule has 0 radical (unpaired) electrons. The van der Waals surface area contributed by atoms with E-state index >= 15 is 0 Å². The number of amides is 1. The van der Waals surface area contributed by atoms with Crippen LogP contribution in [0.1, 0.15) is 27.4 Å². The van der Waals surface area contributed by atoms with Crippen LogP contribution >= 0.6 is 0 Å². The molecule has 4 rings (SSSR count). The molecular formula is C24H23NO6. The molecule has 2 aliphatic rings. The summed E-state index contributed by atoms with van der Waals surface area (Å²) in [6, 6.07) is 10.5. The van der Waals surface area contributed by atoms with E-state index in [4.69, 9.17) is 24.7 Å². The van der Waals surface area contributed by atoms with E-state index in [0.717, 1.165) is 11.1 Å². The highest BCUT2D eigenvalue weighted by Crippen LogP contribution is 2.46. The summed E-state index contributed by atoms with van der Waals surface area (Å²) in [5, 5.41) is 0. The molecule has 31 heavy (non-hydrogen) atoms. The van der Waals surface area contributed by atoms with Gasteiger partial charge in [-0.1, -0.05) is 30.4 Å². The Morgan fingerprint density at radius 3 is 2.74 bits per heavy atom. The average molecular weight is 421 g/mol. The Labute approximate surface area is 180 Å². The molecule has 0 saturated carbocycles. The van der Waals surface area contributed by atoms with Gasteiger partial charge in [-0.05, 0) is 23.8 Å². The van der Waals surface area contributed by atoms with Crippen molar-refractivity contribution >= 4 is 11.7 Å². The van der Waals surface area contributed by atoms with E-state index in [1.165, 1.54) is 14.2 Å². The molecule has 160 valence electrons. The smallest absolute Gasteiger partial charge is 0.248 e. The van der Waals surface area contributed by atoms with Crippen LogP contribution in [0.25, 0.3) is 0 Å². The van der Waals surface area contributed by atoms with Gasteiger partial charge in [-0.2, -0.15) is 0 Å². The number of benzene rings is 2. The van der Waals surface area contributed by atoms with E-state index < -0.39 is 11.8 Å². The van der Waals surface area contributed by atoms with Crippen LogP contribution in [0, 0.1) is 5.92 Å². The molecule has 2 atom stereocenters. The second-order valence-electron chi connectivity index (χ2n) is 7.32. The number of primary amides is 1. The van der Waals surface area contributed by atoms with Crippen LogP contribution in [0.15, 0.2) is 60.4 Å². The predicted octanol–water partition coefficient (Wildman–Crippen LogP) is 3.13. The molecule has 0 bridgehead atoms. The fourth-order valence-corrected chi connectivity index (χ4v) is 3.87. The minimum atomic E-state index is -0.512. The van der Waals surface area contributed by atoms with E-state index in [9.17, 15) is 9.59 Å². The lowest BCUT2D eigenvalue weighted by atomic mass is 9.79. The van der Waals surface area contributed by atoms with E-state index in [1.54, 1.807) is 30.5 Å². The SMILES string of the molecule is COc1ccc(C2C=CC3=COCC3C2=O)c(OCc2cccc(C(N)=O)c2)c1OC. The van der Waals surface area contributed by atoms with Crippen LogP contribution in [0.4, 0.5) is 0 Å². The monoisotopic (exact) mass is 421 g/mol. The summed E-state index contributed by atoms with van der Waals surface area (Å²) >= 11 is 0. The molecule has 0 aromatic heterocycles. The number of carbonyl (C=O) groups excluding carboxylic acids is 2. The molecule has 1 aliphatic carbocycles. The number of ketones is 1. The molecule has 1 amide bonds. The summed E-state index contributed by atoms with van der Waals surface area (Å²) in [6.07, 6.45) is 5.40. The molecule has 2 unspecified atom stereocenters. The fourth-order valence-electron chi connectivity index (χ4n) is 3.87. The highest BCUT2D eigenvalue weighted by Gasteiger charge is 2.37. The third-order valence-corrected chi connectivity index (χ3v) is 5.48. The Balaban J connectivity index is 1.71. The third kappa shape index (κ3) is 3.86. The number of hydrogen-bond donors (Lipinski definition) is 1. The zero-order valence-corrected chi connectivity index (χ0v) is 17.3. The van der Waals surface area contributed by atoms with Gasteiger partial charge in [0.1, 0.15) is 13.2 Å². The van der Waals surface area contributed by atoms with Gasteiger partial charge in [-0.3, -0.25) is 9.59 Å². The summed E-state index contributed by atoms with van der Waals surface area (Å²) in [5.74, 6) is 0.0426. The van der Waals surface area contributed by atoms with Gasteiger partial charge in [0.15, 0.2) is 17.3 Å². The summed E-state index contributed by atoms with van der Waals surface area (Å²) in [4.78, 5) is 24.6. The lowest BCUT2D eigenvalue weighted by molar-refractivity contribution is -0.122. The van der Waals surface area contributed by atoms with E-state index in [1.807, 2.05) is 24.3 Å². The van der Waals surface area contributed by atoms with Crippen LogP contribution in [0.2, 0.25) is 0 Å². The summed E-state index contributed by atoms with van der Waals surface area (Å²) in [7, 11) is 3.06. The molecule has 0 spiro atoms. The van der Waals surface area contributed by atoms with Gasteiger partial charge in [0.25, 0.3) is 0 Å². The van der Waals surface area contributed by atoms with Crippen LogP contribution in [-0.2, 0) is 16.1 Å². The molecule has 1 aliphatic heterocycles. The zero-order chi connectivity index (χ0) is 22.0. The number of hydrogen-bond acceptors (Lipinski definition) is 6. The van der Waals surface area contributed by atoms with Gasteiger partial charge in [-0.15, -0.1) is 0 Å². The number of allylic oxidation sites excluding steroid dienone is 2. The van der Waals surface area contributed by atoms with Crippen LogP contribution in [0.5, 0.6) is 17.2 Å². The van der Waals surface area contributed by atoms with Crippen molar-refractivity contribution in [3.63, 3.8) is 0 Å². The first kappa shape index (κ1) is 20.5. The van der Waals surface area contributed by atoms with E-state index in [-0.39, 0.29) is 18.3 Å². The lowest BCUT2D eigenvalue weighted by Crippen LogP contribution is -2.26. The number of methoxy groups -OCH3 is 2. The standard InChI is InChI=1S/C24H23NO6/c1-28-20-9-8-18(17-7-6-16-12-30-13-19(16)21(17)26)22(23(20)29-2)31-11-14-4-3-5-15(10-14)24(25)27/h3-10,12,17,19H,11,13H2,1-2H3,(H2,25,27). The highest BCUT2D eigenvalue weighted by molar-refractivity contribution is 5.95.